The zero-order valence-electron chi connectivity index (χ0n) is 23.0. The van der Waals surface area contributed by atoms with Crippen molar-refractivity contribution < 1.29 is 19.0 Å². The van der Waals surface area contributed by atoms with Gasteiger partial charge in [0.2, 0.25) is 0 Å². The molecule has 0 aliphatic rings. The highest BCUT2D eigenvalue weighted by Crippen LogP contribution is 2.28. The monoisotopic (exact) mass is 512 g/mol. The number of aliphatic hydroxyl groups is 1. The smallest absolute Gasteiger partial charge is 0.283 e. The summed E-state index contributed by atoms with van der Waals surface area (Å²) in [7, 11) is 1.00. The van der Waals surface area contributed by atoms with Gasteiger partial charge in [-0.3, -0.25) is 9.48 Å². The second-order valence-corrected chi connectivity index (χ2v) is 9.01. The summed E-state index contributed by atoms with van der Waals surface area (Å²) in [4.78, 5) is 11.4. The highest BCUT2D eigenvalue weighted by atomic mass is 19.1. The minimum Gasteiger partial charge on any atom is -0.455 e. The molecule has 1 heterocycles. The van der Waals surface area contributed by atoms with E-state index in [9.17, 15) is 9.18 Å². The minimum absolute atomic E-state index is 0.104. The lowest BCUT2D eigenvalue weighted by Gasteiger charge is -2.33. The third-order valence-electron chi connectivity index (χ3n) is 5.40. The number of aromatic nitrogens is 2. The lowest BCUT2D eigenvalue weighted by molar-refractivity contribution is -0.117. The quantitative estimate of drug-likeness (QED) is 0.267. The number of ether oxygens (including phenoxy) is 1. The van der Waals surface area contributed by atoms with Crippen LogP contribution in [0.4, 0.5) is 4.39 Å². The van der Waals surface area contributed by atoms with E-state index in [1.54, 1.807) is 12.1 Å². The Labute approximate surface area is 219 Å². The van der Waals surface area contributed by atoms with E-state index in [0.717, 1.165) is 29.3 Å². The SMILES string of the molecule is C=C(O/C(=C/C)C(NCc1nn(Cc2ccc(F)cc2)c2ccccc12)C(C)(C)C)C(N)=O.CC.CO. The summed E-state index contributed by atoms with van der Waals surface area (Å²) >= 11 is 0. The number of carbonyl (C=O) groups is 1. The number of hydrogen-bond acceptors (Lipinski definition) is 5. The van der Waals surface area contributed by atoms with Gasteiger partial charge in [-0.15, -0.1) is 0 Å². The Morgan fingerprint density at radius 2 is 1.78 bits per heavy atom. The zero-order chi connectivity index (χ0) is 28.2. The van der Waals surface area contributed by atoms with Crippen LogP contribution < -0.4 is 11.1 Å². The molecule has 3 aromatic rings. The van der Waals surface area contributed by atoms with Gasteiger partial charge in [-0.05, 0) is 42.2 Å². The van der Waals surface area contributed by atoms with Gasteiger partial charge in [0.05, 0.1) is 23.8 Å². The predicted octanol–water partition coefficient (Wildman–Crippen LogP) is 5.28. The van der Waals surface area contributed by atoms with Crippen molar-refractivity contribution in [1.82, 2.24) is 15.1 Å². The van der Waals surface area contributed by atoms with Crippen LogP contribution in [0.15, 0.2) is 72.7 Å². The van der Waals surface area contributed by atoms with Crippen molar-refractivity contribution >= 4 is 16.8 Å². The molecule has 0 saturated heterocycles. The fourth-order valence-corrected chi connectivity index (χ4v) is 3.72. The van der Waals surface area contributed by atoms with Crippen LogP contribution in [0.5, 0.6) is 0 Å². The van der Waals surface area contributed by atoms with Gasteiger partial charge in [-0.1, -0.05) is 71.5 Å². The lowest BCUT2D eigenvalue weighted by atomic mass is 9.85. The van der Waals surface area contributed by atoms with Crippen LogP contribution >= 0.6 is 0 Å². The molecule has 8 heteroatoms. The molecule has 1 unspecified atom stereocenters. The molecule has 37 heavy (non-hydrogen) atoms. The molecule has 1 aromatic heterocycles. The van der Waals surface area contributed by atoms with Crippen molar-refractivity contribution in [3.05, 3.63) is 89.8 Å². The summed E-state index contributed by atoms with van der Waals surface area (Å²) in [6, 6.07) is 14.2. The van der Waals surface area contributed by atoms with Gasteiger partial charge in [0.1, 0.15) is 11.6 Å². The van der Waals surface area contributed by atoms with Crippen LogP contribution in [-0.2, 0) is 22.6 Å². The summed E-state index contributed by atoms with van der Waals surface area (Å²) in [6.07, 6.45) is 1.81. The zero-order valence-corrected chi connectivity index (χ0v) is 23.0. The van der Waals surface area contributed by atoms with E-state index in [1.165, 1.54) is 12.1 Å². The molecule has 4 N–H and O–H groups in total. The largest absolute Gasteiger partial charge is 0.455 e. The predicted molar refractivity (Wildman–Crippen MR) is 148 cm³/mol. The Kier molecular flexibility index (Phi) is 12.7. The fourth-order valence-electron chi connectivity index (χ4n) is 3.72. The molecule has 0 spiro atoms. The van der Waals surface area contributed by atoms with Crippen molar-refractivity contribution in [3.63, 3.8) is 0 Å². The number of benzene rings is 2. The van der Waals surface area contributed by atoms with Gasteiger partial charge in [-0.25, -0.2) is 4.39 Å². The van der Waals surface area contributed by atoms with Crippen LogP contribution in [0, 0.1) is 11.2 Å². The third-order valence-corrected chi connectivity index (χ3v) is 5.40. The standard InChI is InChI=1S/C26H31FN4O2.C2H6.CH4O/c1-6-23(33-17(2)25(28)32)24(26(3,4)5)29-15-21-20-9-7-8-10-22(20)31(30-21)16-18-11-13-19(27)14-12-18;2*1-2/h6-14,24,29H,2,15-16H2,1,3-5H3,(H2,28,32);1-2H3;2H,1H3/b23-6+;;. The van der Waals surface area contributed by atoms with E-state index in [4.69, 9.17) is 20.7 Å². The van der Waals surface area contributed by atoms with Crippen molar-refractivity contribution in [2.45, 2.75) is 60.7 Å². The van der Waals surface area contributed by atoms with E-state index in [2.05, 4.69) is 32.7 Å². The Hall–Kier alpha value is -3.49. The number of halogens is 1. The highest BCUT2D eigenvalue weighted by Gasteiger charge is 2.30. The molecule has 7 nitrogen and oxygen atoms in total. The Balaban J connectivity index is 0.00000163. The van der Waals surface area contributed by atoms with Crippen molar-refractivity contribution in [2.75, 3.05) is 7.11 Å². The third kappa shape index (κ3) is 8.84. The summed E-state index contributed by atoms with van der Waals surface area (Å²) in [5.74, 6) is -0.495. The minimum atomic E-state index is -0.701. The van der Waals surface area contributed by atoms with Gasteiger partial charge in [0.25, 0.3) is 5.91 Å². The Morgan fingerprint density at radius 3 is 2.32 bits per heavy atom. The molecule has 0 aliphatic heterocycles. The maximum atomic E-state index is 13.3. The van der Waals surface area contributed by atoms with Crippen LogP contribution in [0.2, 0.25) is 0 Å². The number of carbonyl (C=O) groups excluding carboxylic acids is 1. The molecule has 0 saturated carbocycles. The van der Waals surface area contributed by atoms with Crippen LogP contribution in [0.1, 0.15) is 52.8 Å². The molecule has 0 fully saturated rings. The first-order valence-corrected chi connectivity index (χ1v) is 12.3. The maximum Gasteiger partial charge on any atom is 0.283 e. The number of nitrogens with zero attached hydrogens (tertiary/aromatic N) is 2. The first kappa shape index (κ1) is 31.5. The van der Waals surface area contributed by atoms with Gasteiger partial charge in [0.15, 0.2) is 5.76 Å². The Bertz CT molecular complexity index is 1180. The van der Waals surface area contributed by atoms with Crippen molar-refractivity contribution in [2.24, 2.45) is 11.1 Å². The Morgan fingerprint density at radius 1 is 1.19 bits per heavy atom. The fraction of sp³-hybridized carbons (Fsp3) is 0.379. The highest BCUT2D eigenvalue weighted by molar-refractivity contribution is 5.89. The molecular formula is C29H41FN4O3. The van der Waals surface area contributed by atoms with Gasteiger partial charge >= 0.3 is 0 Å². The van der Waals surface area contributed by atoms with Crippen LogP contribution in [0.3, 0.4) is 0 Å². The maximum absolute atomic E-state index is 13.3. The first-order valence-electron chi connectivity index (χ1n) is 12.3. The molecular weight excluding hydrogens is 471 g/mol. The number of para-hydroxylation sites is 1. The summed E-state index contributed by atoms with van der Waals surface area (Å²) < 4.78 is 20.9. The number of nitrogens with two attached hydrogens (primary N) is 1. The van der Waals surface area contributed by atoms with E-state index < -0.39 is 5.91 Å². The van der Waals surface area contributed by atoms with E-state index in [1.807, 2.05) is 55.8 Å². The summed E-state index contributed by atoms with van der Waals surface area (Å²) in [5.41, 5.74) is 7.92. The topological polar surface area (TPSA) is 102 Å². The normalized spacial score (nSPS) is 12.1. The molecule has 1 atom stereocenters. The number of nitrogens with one attached hydrogen (secondary N) is 1. The summed E-state index contributed by atoms with van der Waals surface area (Å²) in [6.45, 7) is 16.7. The van der Waals surface area contributed by atoms with E-state index in [0.29, 0.717) is 18.8 Å². The van der Waals surface area contributed by atoms with Gasteiger partial charge < -0.3 is 20.9 Å². The number of amides is 1. The molecule has 0 aliphatic carbocycles. The number of primary amides is 1. The molecule has 0 radical (unpaired) electrons. The number of hydrogen-bond donors (Lipinski definition) is 3. The molecule has 3 rings (SSSR count). The average molecular weight is 513 g/mol. The number of rotatable bonds is 9. The second-order valence-electron chi connectivity index (χ2n) is 9.01. The number of fused-ring (bicyclic) bond motifs is 1. The first-order chi connectivity index (χ1) is 17.6. The van der Waals surface area contributed by atoms with Crippen LogP contribution in [-0.4, -0.2) is 33.9 Å². The van der Waals surface area contributed by atoms with Crippen LogP contribution in [0.25, 0.3) is 10.9 Å². The van der Waals surface area contributed by atoms with Gasteiger partial charge in [0, 0.05) is 19.0 Å². The molecule has 2 aromatic carbocycles. The van der Waals surface area contributed by atoms with E-state index >= 15 is 0 Å². The molecule has 202 valence electrons. The van der Waals surface area contributed by atoms with Crippen molar-refractivity contribution in [1.29, 1.82) is 0 Å². The van der Waals surface area contributed by atoms with Crippen molar-refractivity contribution in [3.8, 4) is 0 Å². The second kappa shape index (κ2) is 14.9. The van der Waals surface area contributed by atoms with E-state index in [-0.39, 0.29) is 23.0 Å². The lowest BCUT2D eigenvalue weighted by Crippen LogP contribution is -2.42. The average Bonchev–Trinajstić information content (AvgIpc) is 3.23. The molecule has 1 amide bonds. The molecule has 0 bridgehead atoms. The van der Waals surface area contributed by atoms with Gasteiger partial charge in [-0.2, -0.15) is 5.10 Å². The number of allylic oxidation sites excluding steroid dienone is 1. The number of aliphatic hydroxyl groups excluding tert-OH is 1. The summed E-state index contributed by atoms with van der Waals surface area (Å²) in [5, 5.41) is 16.4.